The summed E-state index contributed by atoms with van der Waals surface area (Å²) in [7, 11) is 3.01. The highest BCUT2D eigenvalue weighted by molar-refractivity contribution is 5.81. The second-order valence-electron chi connectivity index (χ2n) is 5.26. The number of nitrogens with zero attached hydrogens (tertiary/aromatic N) is 1. The summed E-state index contributed by atoms with van der Waals surface area (Å²) in [6.07, 6.45) is 1.58. The first kappa shape index (κ1) is 16.4. The zero-order valence-electron chi connectivity index (χ0n) is 13.9. The number of hydrogen-bond donors (Lipinski definition) is 3. The molecule has 7 heteroatoms. The third-order valence-corrected chi connectivity index (χ3v) is 3.65. The Morgan fingerprint density at radius 1 is 1.20 bits per heavy atom. The van der Waals surface area contributed by atoms with Gasteiger partial charge in [-0.25, -0.2) is 0 Å². The molecule has 2 heterocycles. The van der Waals surface area contributed by atoms with Crippen molar-refractivity contribution in [2.75, 3.05) is 19.5 Å². The average molecular weight is 338 g/mol. The first-order valence-electron chi connectivity index (χ1n) is 7.56. The van der Waals surface area contributed by atoms with Crippen LogP contribution >= 0.6 is 0 Å². The Hall–Kier alpha value is -3.48. The lowest BCUT2D eigenvalue weighted by atomic mass is 10.1. The Morgan fingerprint density at radius 3 is 2.64 bits per heavy atom. The molecule has 0 unspecified atom stereocenters. The van der Waals surface area contributed by atoms with Gasteiger partial charge in [0, 0.05) is 17.3 Å². The van der Waals surface area contributed by atoms with E-state index in [4.69, 9.17) is 15.2 Å². The molecule has 128 valence electrons. The maximum absolute atomic E-state index is 12.3. The van der Waals surface area contributed by atoms with E-state index in [2.05, 4.69) is 15.3 Å². The molecule has 0 spiro atoms. The van der Waals surface area contributed by atoms with Gasteiger partial charge in [-0.15, -0.1) is 0 Å². The number of anilines is 1. The lowest BCUT2D eigenvalue weighted by Crippen LogP contribution is -2.16. The van der Waals surface area contributed by atoms with Crippen molar-refractivity contribution < 1.29 is 9.47 Å². The standard InChI is InChI=1S/C18H18N4O3/c1-24-15-9-11-8-13(17(23)21-16(11)22-18(15)25-2)14(19)10-20-12-6-4-3-5-7-12/h3-10,20H,19H2,1-2H3,(H,21,22,23)/b14-10-. The SMILES string of the molecule is COc1cc2cc(/C(N)=C/Nc3ccccc3)c(=O)[nH]c2nc1OC. The topological polar surface area (TPSA) is 102 Å². The van der Waals surface area contributed by atoms with Crippen LogP contribution in [-0.2, 0) is 0 Å². The summed E-state index contributed by atoms with van der Waals surface area (Å²) in [4.78, 5) is 19.3. The summed E-state index contributed by atoms with van der Waals surface area (Å²) in [5.41, 5.74) is 7.64. The zero-order valence-corrected chi connectivity index (χ0v) is 13.9. The highest BCUT2D eigenvalue weighted by Gasteiger charge is 2.11. The molecule has 25 heavy (non-hydrogen) atoms. The normalized spacial score (nSPS) is 11.4. The molecule has 0 bridgehead atoms. The number of methoxy groups -OCH3 is 2. The Labute approximate surface area is 144 Å². The van der Waals surface area contributed by atoms with Crippen LogP contribution < -0.4 is 26.1 Å². The molecular weight excluding hydrogens is 320 g/mol. The van der Waals surface area contributed by atoms with E-state index >= 15 is 0 Å². The van der Waals surface area contributed by atoms with E-state index in [1.165, 1.54) is 14.2 Å². The smallest absolute Gasteiger partial charge is 0.259 e. The molecule has 0 amide bonds. The summed E-state index contributed by atoms with van der Waals surface area (Å²) in [5, 5.41) is 3.74. The van der Waals surface area contributed by atoms with Crippen molar-refractivity contribution in [3.63, 3.8) is 0 Å². The molecule has 0 aliphatic heterocycles. The fraction of sp³-hybridized carbons (Fsp3) is 0.111. The van der Waals surface area contributed by atoms with E-state index in [-0.39, 0.29) is 5.56 Å². The molecule has 7 nitrogen and oxygen atoms in total. The van der Waals surface area contributed by atoms with E-state index in [0.29, 0.717) is 33.9 Å². The number of H-pyrrole nitrogens is 1. The van der Waals surface area contributed by atoms with Crippen LogP contribution in [-0.4, -0.2) is 24.2 Å². The van der Waals surface area contributed by atoms with Gasteiger partial charge < -0.3 is 25.5 Å². The number of nitrogens with two attached hydrogens (primary N) is 1. The molecule has 0 aliphatic rings. The lowest BCUT2D eigenvalue weighted by Gasteiger charge is -2.09. The van der Waals surface area contributed by atoms with Gasteiger partial charge in [0.1, 0.15) is 5.65 Å². The minimum atomic E-state index is -0.337. The molecule has 0 saturated carbocycles. The van der Waals surface area contributed by atoms with Crippen molar-refractivity contribution in [2.45, 2.75) is 0 Å². The molecule has 1 aromatic carbocycles. The highest BCUT2D eigenvalue weighted by atomic mass is 16.5. The van der Waals surface area contributed by atoms with E-state index in [1.807, 2.05) is 30.3 Å². The summed E-state index contributed by atoms with van der Waals surface area (Å²) in [6, 6.07) is 12.9. The molecule has 0 saturated heterocycles. The van der Waals surface area contributed by atoms with Crippen molar-refractivity contribution >= 4 is 22.4 Å². The van der Waals surface area contributed by atoms with Crippen molar-refractivity contribution in [1.82, 2.24) is 9.97 Å². The molecular formula is C18H18N4O3. The van der Waals surface area contributed by atoms with E-state index in [0.717, 1.165) is 5.69 Å². The molecule has 3 rings (SSSR count). The van der Waals surface area contributed by atoms with Gasteiger partial charge in [-0.1, -0.05) is 18.2 Å². The van der Waals surface area contributed by atoms with Crippen molar-refractivity contribution in [3.05, 3.63) is 64.6 Å². The van der Waals surface area contributed by atoms with Crippen LogP contribution in [0.25, 0.3) is 16.7 Å². The van der Waals surface area contributed by atoms with Gasteiger partial charge in [-0.05, 0) is 24.3 Å². The largest absolute Gasteiger partial charge is 0.491 e. The Kier molecular flexibility index (Phi) is 4.56. The third-order valence-electron chi connectivity index (χ3n) is 3.65. The maximum atomic E-state index is 12.3. The van der Waals surface area contributed by atoms with Crippen LogP contribution in [0, 0.1) is 0 Å². The van der Waals surface area contributed by atoms with Crippen molar-refractivity contribution in [2.24, 2.45) is 5.73 Å². The zero-order chi connectivity index (χ0) is 17.8. The second-order valence-corrected chi connectivity index (χ2v) is 5.26. The number of para-hydroxylation sites is 1. The van der Waals surface area contributed by atoms with Gasteiger partial charge in [0.15, 0.2) is 5.75 Å². The van der Waals surface area contributed by atoms with Crippen LogP contribution in [0.15, 0.2) is 53.5 Å². The van der Waals surface area contributed by atoms with Crippen LogP contribution in [0.1, 0.15) is 5.56 Å². The quantitative estimate of drug-likeness (QED) is 0.660. The monoisotopic (exact) mass is 338 g/mol. The summed E-state index contributed by atoms with van der Waals surface area (Å²) in [5.74, 6) is 0.769. The van der Waals surface area contributed by atoms with Crippen LogP contribution in [0.4, 0.5) is 5.69 Å². The molecule has 3 aromatic rings. The van der Waals surface area contributed by atoms with Gasteiger partial charge in [0.05, 0.1) is 25.5 Å². The lowest BCUT2D eigenvalue weighted by molar-refractivity contribution is 0.344. The van der Waals surface area contributed by atoms with Gasteiger partial charge in [0.25, 0.3) is 11.4 Å². The van der Waals surface area contributed by atoms with Gasteiger partial charge in [-0.3, -0.25) is 4.79 Å². The summed E-state index contributed by atoms with van der Waals surface area (Å²) in [6.45, 7) is 0. The number of nitrogens with one attached hydrogen (secondary N) is 2. The minimum absolute atomic E-state index is 0.299. The van der Waals surface area contributed by atoms with Crippen molar-refractivity contribution in [1.29, 1.82) is 0 Å². The van der Waals surface area contributed by atoms with Crippen LogP contribution in [0.3, 0.4) is 0 Å². The Bertz CT molecular complexity index is 981. The maximum Gasteiger partial charge on any atom is 0.259 e. The number of pyridine rings is 2. The van der Waals surface area contributed by atoms with Gasteiger partial charge >= 0.3 is 0 Å². The molecule has 0 fully saturated rings. The van der Waals surface area contributed by atoms with E-state index in [9.17, 15) is 4.79 Å². The number of aromatic amines is 1. The fourth-order valence-corrected chi connectivity index (χ4v) is 2.38. The van der Waals surface area contributed by atoms with Gasteiger partial charge in [0.2, 0.25) is 0 Å². The molecule has 4 N–H and O–H groups in total. The number of ether oxygens (including phenoxy) is 2. The van der Waals surface area contributed by atoms with Crippen molar-refractivity contribution in [3.8, 4) is 11.6 Å². The van der Waals surface area contributed by atoms with Crippen LogP contribution in [0.2, 0.25) is 0 Å². The fourth-order valence-electron chi connectivity index (χ4n) is 2.38. The predicted octanol–water partition coefficient (Wildman–Crippen LogP) is 2.31. The Balaban J connectivity index is 2.01. The number of benzene rings is 1. The predicted molar refractivity (Wildman–Crippen MR) is 97.7 cm³/mol. The third kappa shape index (κ3) is 3.40. The minimum Gasteiger partial charge on any atom is -0.491 e. The summed E-state index contributed by atoms with van der Waals surface area (Å²) < 4.78 is 10.4. The number of aromatic nitrogens is 2. The van der Waals surface area contributed by atoms with E-state index < -0.39 is 0 Å². The molecule has 0 radical (unpaired) electrons. The van der Waals surface area contributed by atoms with E-state index in [1.54, 1.807) is 18.3 Å². The number of hydrogen-bond acceptors (Lipinski definition) is 6. The Morgan fingerprint density at radius 2 is 1.96 bits per heavy atom. The first-order valence-corrected chi connectivity index (χ1v) is 7.56. The highest BCUT2D eigenvalue weighted by Crippen LogP contribution is 2.28. The molecule has 0 atom stereocenters. The second kappa shape index (κ2) is 6.96. The molecule has 0 aliphatic carbocycles. The average Bonchev–Trinajstić information content (AvgIpc) is 2.65. The first-order chi connectivity index (χ1) is 12.1. The number of rotatable bonds is 5. The van der Waals surface area contributed by atoms with Gasteiger partial charge in [-0.2, -0.15) is 4.98 Å². The molecule has 2 aromatic heterocycles. The summed E-state index contributed by atoms with van der Waals surface area (Å²) >= 11 is 0. The number of fused-ring (bicyclic) bond motifs is 1. The van der Waals surface area contributed by atoms with Crippen LogP contribution in [0.5, 0.6) is 11.6 Å².